The summed E-state index contributed by atoms with van der Waals surface area (Å²) in [6.07, 6.45) is 0.671. The second-order valence-electron chi connectivity index (χ2n) is 3.60. The molecule has 0 aliphatic carbocycles. The zero-order chi connectivity index (χ0) is 11.7. The number of aryl methyl sites for hydroxylation is 2. The molecule has 0 aliphatic heterocycles. The Kier molecular flexibility index (Phi) is 2.79. The Bertz CT molecular complexity index is 546. The Labute approximate surface area is 98.7 Å². The van der Waals surface area contributed by atoms with Gasteiger partial charge >= 0.3 is 0 Å². The molecule has 1 aromatic heterocycles. The second kappa shape index (κ2) is 4.10. The molecule has 82 valence electrons. The number of rotatable bonds is 2. The molecule has 0 radical (unpaired) electrons. The Morgan fingerprint density at radius 1 is 1.38 bits per heavy atom. The molecule has 1 aromatic carbocycles. The predicted molar refractivity (Wildman–Crippen MR) is 63.8 cm³/mol. The van der Waals surface area contributed by atoms with Crippen LogP contribution in [0.2, 0.25) is 5.02 Å². The molecule has 4 heteroatoms. The number of aromatic nitrogens is 2. The van der Waals surface area contributed by atoms with Crippen molar-refractivity contribution in [1.29, 1.82) is 0 Å². The lowest BCUT2D eigenvalue weighted by molar-refractivity contribution is 0.111. The van der Waals surface area contributed by atoms with Gasteiger partial charge in [0.25, 0.3) is 0 Å². The van der Waals surface area contributed by atoms with Crippen molar-refractivity contribution in [3.8, 4) is 11.3 Å². The Morgan fingerprint density at radius 2 is 2.06 bits per heavy atom. The zero-order valence-corrected chi connectivity index (χ0v) is 9.82. The first-order valence-corrected chi connectivity index (χ1v) is 5.26. The largest absolute Gasteiger partial charge is 0.296 e. The van der Waals surface area contributed by atoms with Crippen molar-refractivity contribution in [3.63, 3.8) is 0 Å². The fourth-order valence-electron chi connectivity index (χ4n) is 1.73. The monoisotopic (exact) mass is 234 g/mol. The lowest BCUT2D eigenvalue weighted by atomic mass is 10.1. The van der Waals surface area contributed by atoms with Gasteiger partial charge in [-0.2, -0.15) is 5.10 Å². The van der Waals surface area contributed by atoms with Gasteiger partial charge in [-0.15, -0.1) is 0 Å². The van der Waals surface area contributed by atoms with Gasteiger partial charge in [-0.25, -0.2) is 0 Å². The molecular weight excluding hydrogens is 224 g/mol. The maximum Gasteiger partial charge on any atom is 0.171 e. The third kappa shape index (κ3) is 1.63. The molecule has 0 spiro atoms. The molecule has 0 saturated heterocycles. The van der Waals surface area contributed by atoms with E-state index in [0.717, 1.165) is 16.8 Å². The van der Waals surface area contributed by atoms with Crippen LogP contribution in [0.3, 0.4) is 0 Å². The number of halogens is 1. The van der Waals surface area contributed by atoms with Crippen molar-refractivity contribution < 1.29 is 4.79 Å². The summed E-state index contributed by atoms with van der Waals surface area (Å²) in [6, 6.07) is 7.86. The summed E-state index contributed by atoms with van der Waals surface area (Å²) >= 11 is 6.12. The van der Waals surface area contributed by atoms with Gasteiger partial charge in [-0.3, -0.25) is 9.48 Å². The predicted octanol–water partition coefficient (Wildman–Crippen LogP) is 2.86. The molecule has 0 bridgehead atoms. The number of hydrogen-bond donors (Lipinski definition) is 0. The molecule has 16 heavy (non-hydrogen) atoms. The van der Waals surface area contributed by atoms with E-state index in [9.17, 15) is 4.79 Å². The minimum atomic E-state index is 0.280. The van der Waals surface area contributed by atoms with E-state index in [2.05, 4.69) is 5.10 Å². The smallest absolute Gasteiger partial charge is 0.171 e. The van der Waals surface area contributed by atoms with Crippen LogP contribution in [0.15, 0.2) is 24.3 Å². The molecule has 0 amide bonds. The van der Waals surface area contributed by atoms with Crippen LogP contribution in [0, 0.1) is 6.92 Å². The van der Waals surface area contributed by atoms with Gasteiger partial charge in [0.2, 0.25) is 0 Å². The molecule has 2 rings (SSSR count). The van der Waals surface area contributed by atoms with Crippen LogP contribution < -0.4 is 0 Å². The van der Waals surface area contributed by atoms with E-state index in [1.807, 2.05) is 31.2 Å². The summed E-state index contributed by atoms with van der Waals surface area (Å²) in [5.41, 5.74) is 3.16. The van der Waals surface area contributed by atoms with E-state index in [1.165, 1.54) is 0 Å². The number of aldehydes is 1. The number of hydrogen-bond acceptors (Lipinski definition) is 2. The van der Waals surface area contributed by atoms with E-state index >= 15 is 0 Å². The lowest BCUT2D eigenvalue weighted by Crippen LogP contribution is -1.95. The number of nitrogens with zero attached hydrogens (tertiary/aromatic N) is 2. The highest BCUT2D eigenvalue weighted by Crippen LogP contribution is 2.31. The van der Waals surface area contributed by atoms with Gasteiger partial charge in [0.1, 0.15) is 5.69 Å². The van der Waals surface area contributed by atoms with Gasteiger partial charge in [-0.1, -0.05) is 35.9 Å². The van der Waals surface area contributed by atoms with Gasteiger partial charge in [0, 0.05) is 12.6 Å². The topological polar surface area (TPSA) is 34.9 Å². The zero-order valence-electron chi connectivity index (χ0n) is 9.07. The highest BCUT2D eigenvalue weighted by atomic mass is 35.5. The van der Waals surface area contributed by atoms with Crippen LogP contribution in [-0.4, -0.2) is 16.1 Å². The van der Waals surface area contributed by atoms with E-state index in [0.29, 0.717) is 11.3 Å². The maximum atomic E-state index is 10.7. The summed E-state index contributed by atoms with van der Waals surface area (Å²) in [7, 11) is 1.78. The fourth-order valence-corrected chi connectivity index (χ4v) is 2.03. The molecule has 0 N–H and O–H groups in total. The molecule has 0 aliphatic rings. The van der Waals surface area contributed by atoms with Crippen LogP contribution in [-0.2, 0) is 7.05 Å². The highest BCUT2D eigenvalue weighted by molar-refractivity contribution is 6.35. The van der Waals surface area contributed by atoms with E-state index in [4.69, 9.17) is 11.6 Å². The van der Waals surface area contributed by atoms with Crippen molar-refractivity contribution in [3.05, 3.63) is 40.5 Å². The molecular formula is C12H11ClN2O. The van der Waals surface area contributed by atoms with Crippen LogP contribution >= 0.6 is 11.6 Å². The summed E-state index contributed by atoms with van der Waals surface area (Å²) in [5.74, 6) is 0. The average molecular weight is 235 g/mol. The van der Waals surface area contributed by atoms with E-state index in [-0.39, 0.29) is 5.69 Å². The van der Waals surface area contributed by atoms with Crippen molar-refractivity contribution in [2.24, 2.45) is 7.05 Å². The average Bonchev–Trinajstić information content (AvgIpc) is 2.55. The minimum Gasteiger partial charge on any atom is -0.296 e. The van der Waals surface area contributed by atoms with Crippen LogP contribution in [0.25, 0.3) is 11.3 Å². The molecule has 0 unspecified atom stereocenters. The van der Waals surface area contributed by atoms with Gasteiger partial charge in [0.15, 0.2) is 6.29 Å². The van der Waals surface area contributed by atoms with E-state index in [1.54, 1.807) is 11.7 Å². The van der Waals surface area contributed by atoms with Gasteiger partial charge < -0.3 is 0 Å². The Hall–Kier alpha value is -1.61. The van der Waals surface area contributed by atoms with E-state index < -0.39 is 0 Å². The van der Waals surface area contributed by atoms with Crippen molar-refractivity contribution in [1.82, 2.24) is 9.78 Å². The van der Waals surface area contributed by atoms with Crippen molar-refractivity contribution in [2.45, 2.75) is 6.92 Å². The van der Waals surface area contributed by atoms with Crippen molar-refractivity contribution >= 4 is 17.9 Å². The fraction of sp³-hybridized carbons (Fsp3) is 0.167. The Morgan fingerprint density at radius 3 is 2.62 bits per heavy atom. The first-order chi connectivity index (χ1) is 7.65. The highest BCUT2D eigenvalue weighted by Gasteiger charge is 2.16. The number of carbonyl (C=O) groups is 1. The summed E-state index contributed by atoms with van der Waals surface area (Å²) < 4.78 is 1.63. The summed E-state index contributed by atoms with van der Waals surface area (Å²) in [5, 5.41) is 4.47. The van der Waals surface area contributed by atoms with Crippen LogP contribution in [0.1, 0.15) is 16.1 Å². The third-order valence-electron chi connectivity index (χ3n) is 2.53. The SMILES string of the molecule is Cc1ccccc1-c1c(Cl)c(C=O)nn1C. The normalized spacial score (nSPS) is 10.4. The first-order valence-electron chi connectivity index (χ1n) is 4.89. The third-order valence-corrected chi connectivity index (χ3v) is 2.90. The van der Waals surface area contributed by atoms with Crippen molar-refractivity contribution in [2.75, 3.05) is 0 Å². The quantitative estimate of drug-likeness (QED) is 0.749. The molecule has 1 heterocycles. The summed E-state index contributed by atoms with van der Waals surface area (Å²) in [6.45, 7) is 2.00. The minimum absolute atomic E-state index is 0.280. The second-order valence-corrected chi connectivity index (χ2v) is 3.98. The molecule has 0 atom stereocenters. The van der Waals surface area contributed by atoms with Gasteiger partial charge in [0.05, 0.1) is 10.7 Å². The molecule has 0 saturated carbocycles. The molecule has 0 fully saturated rings. The number of benzene rings is 1. The number of carbonyl (C=O) groups excluding carboxylic acids is 1. The summed E-state index contributed by atoms with van der Waals surface area (Å²) in [4.78, 5) is 10.7. The van der Waals surface area contributed by atoms with Gasteiger partial charge in [-0.05, 0) is 12.5 Å². The Balaban J connectivity index is 2.69. The first kappa shape index (κ1) is 10.9. The molecule has 3 nitrogen and oxygen atoms in total. The standard InChI is InChI=1S/C12H11ClN2O/c1-8-5-3-4-6-9(8)12-11(13)10(7-16)14-15(12)2/h3-7H,1-2H3. The van der Waals surface area contributed by atoms with Crippen LogP contribution in [0.5, 0.6) is 0 Å². The van der Waals surface area contributed by atoms with Crippen LogP contribution in [0.4, 0.5) is 0 Å². The maximum absolute atomic E-state index is 10.7. The lowest BCUT2D eigenvalue weighted by Gasteiger charge is -2.06. The molecule has 2 aromatic rings.